The van der Waals surface area contributed by atoms with Crippen molar-refractivity contribution in [2.24, 2.45) is 5.10 Å². The second-order valence-corrected chi connectivity index (χ2v) is 4.04. The monoisotopic (exact) mass is 239 g/mol. The number of hydrogen-bond donors (Lipinski definition) is 1. The average molecular weight is 239 g/mol. The van der Waals surface area contributed by atoms with Gasteiger partial charge in [0.05, 0.1) is 5.69 Å². The van der Waals surface area contributed by atoms with Gasteiger partial charge in [-0.1, -0.05) is 37.3 Å². The molecule has 3 heteroatoms. The Balaban J connectivity index is 2.00. The number of benzene rings is 1. The summed E-state index contributed by atoms with van der Waals surface area (Å²) in [5.74, 6) is 0. The number of nitrogens with one attached hydrogen (secondary N) is 1. The highest BCUT2D eigenvalue weighted by atomic mass is 15.3. The summed E-state index contributed by atoms with van der Waals surface area (Å²) < 4.78 is 0. The summed E-state index contributed by atoms with van der Waals surface area (Å²) in [5, 5.41) is 4.45. The largest absolute Gasteiger partial charge is 0.278 e. The van der Waals surface area contributed by atoms with E-state index >= 15 is 0 Å². The molecule has 0 radical (unpaired) electrons. The molecule has 0 saturated heterocycles. The zero-order chi connectivity index (χ0) is 12.6. The topological polar surface area (TPSA) is 37.3 Å². The summed E-state index contributed by atoms with van der Waals surface area (Å²) in [6.45, 7) is 2.12. The third kappa shape index (κ3) is 3.70. The molecule has 0 fully saturated rings. The van der Waals surface area contributed by atoms with Crippen LogP contribution in [0.2, 0.25) is 0 Å². The lowest BCUT2D eigenvalue weighted by Crippen LogP contribution is -2.05. The number of pyridine rings is 1. The Morgan fingerprint density at radius 1 is 1.11 bits per heavy atom. The van der Waals surface area contributed by atoms with E-state index in [1.54, 1.807) is 12.4 Å². The van der Waals surface area contributed by atoms with E-state index in [9.17, 15) is 0 Å². The van der Waals surface area contributed by atoms with Crippen LogP contribution in [-0.4, -0.2) is 10.7 Å². The lowest BCUT2D eigenvalue weighted by Gasteiger charge is -2.05. The van der Waals surface area contributed by atoms with Gasteiger partial charge in [0.1, 0.15) is 0 Å². The van der Waals surface area contributed by atoms with Crippen LogP contribution in [0, 0.1) is 0 Å². The molecule has 0 atom stereocenters. The van der Waals surface area contributed by atoms with Crippen molar-refractivity contribution in [1.29, 1.82) is 0 Å². The fourth-order valence-electron chi connectivity index (χ4n) is 1.65. The summed E-state index contributed by atoms with van der Waals surface area (Å²) in [6, 6.07) is 14.2. The first kappa shape index (κ1) is 12.3. The van der Waals surface area contributed by atoms with Crippen molar-refractivity contribution in [3.63, 3.8) is 0 Å². The van der Waals surface area contributed by atoms with Crippen LogP contribution in [0.1, 0.15) is 18.9 Å². The highest BCUT2D eigenvalue weighted by molar-refractivity contribution is 5.86. The van der Waals surface area contributed by atoms with Gasteiger partial charge >= 0.3 is 0 Å². The number of anilines is 1. The number of aromatic nitrogens is 1. The Bertz CT molecular complexity index is 492. The molecule has 3 nitrogen and oxygen atoms in total. The van der Waals surface area contributed by atoms with Crippen LogP contribution in [0.15, 0.2) is 60.0 Å². The third-order valence-electron chi connectivity index (χ3n) is 2.68. The van der Waals surface area contributed by atoms with E-state index in [4.69, 9.17) is 0 Å². The summed E-state index contributed by atoms with van der Waals surface area (Å²) in [4.78, 5) is 3.97. The van der Waals surface area contributed by atoms with E-state index < -0.39 is 0 Å². The fraction of sp³-hybridized carbons (Fsp3) is 0.200. The van der Waals surface area contributed by atoms with Gasteiger partial charge in [0.2, 0.25) is 0 Å². The normalized spacial score (nSPS) is 11.3. The molecule has 1 aromatic heterocycles. The number of hydrogen-bond acceptors (Lipinski definition) is 3. The van der Waals surface area contributed by atoms with Crippen LogP contribution < -0.4 is 5.43 Å². The highest BCUT2D eigenvalue weighted by Gasteiger charge is 1.99. The van der Waals surface area contributed by atoms with Crippen LogP contribution in [-0.2, 0) is 6.42 Å². The molecule has 92 valence electrons. The third-order valence-corrected chi connectivity index (χ3v) is 2.68. The van der Waals surface area contributed by atoms with Crippen LogP contribution >= 0.6 is 0 Å². The highest BCUT2D eigenvalue weighted by Crippen LogP contribution is 2.06. The van der Waals surface area contributed by atoms with Gasteiger partial charge in [0, 0.05) is 24.5 Å². The van der Waals surface area contributed by atoms with Crippen LogP contribution in [0.4, 0.5) is 5.69 Å². The molecular formula is C15H17N3. The lowest BCUT2D eigenvalue weighted by molar-refractivity contribution is 1.14. The van der Waals surface area contributed by atoms with Crippen LogP contribution in [0.5, 0.6) is 0 Å². The van der Waals surface area contributed by atoms with Crippen LogP contribution in [0.25, 0.3) is 0 Å². The van der Waals surface area contributed by atoms with Gasteiger partial charge in [-0.05, 0) is 24.1 Å². The maximum Gasteiger partial charge on any atom is 0.0592 e. The molecule has 1 N–H and O–H groups in total. The quantitative estimate of drug-likeness (QED) is 0.640. The van der Waals surface area contributed by atoms with Crippen molar-refractivity contribution in [2.45, 2.75) is 19.8 Å². The van der Waals surface area contributed by atoms with Gasteiger partial charge in [-0.25, -0.2) is 0 Å². The summed E-state index contributed by atoms with van der Waals surface area (Å²) in [7, 11) is 0. The minimum atomic E-state index is 0.884. The maximum atomic E-state index is 4.45. The van der Waals surface area contributed by atoms with Gasteiger partial charge in [0.15, 0.2) is 0 Å². The van der Waals surface area contributed by atoms with Crippen molar-refractivity contribution < 1.29 is 0 Å². The minimum absolute atomic E-state index is 0.884. The molecule has 0 aliphatic rings. The molecule has 1 heterocycles. The van der Waals surface area contributed by atoms with Gasteiger partial charge in [0.25, 0.3) is 0 Å². The maximum absolute atomic E-state index is 4.45. The zero-order valence-corrected chi connectivity index (χ0v) is 10.5. The first-order chi connectivity index (χ1) is 8.88. The number of nitrogens with zero attached hydrogens (tertiary/aromatic N) is 2. The Morgan fingerprint density at radius 2 is 1.83 bits per heavy atom. The van der Waals surface area contributed by atoms with E-state index in [0.717, 1.165) is 24.2 Å². The van der Waals surface area contributed by atoms with Gasteiger partial charge in [-0.2, -0.15) is 5.10 Å². The van der Waals surface area contributed by atoms with Crippen molar-refractivity contribution in [2.75, 3.05) is 5.43 Å². The molecule has 2 aromatic rings. The molecule has 0 bridgehead atoms. The lowest BCUT2D eigenvalue weighted by atomic mass is 10.1. The second-order valence-electron chi connectivity index (χ2n) is 4.04. The summed E-state index contributed by atoms with van der Waals surface area (Å²) in [5.41, 5.74) is 6.45. The summed E-state index contributed by atoms with van der Waals surface area (Å²) >= 11 is 0. The van der Waals surface area contributed by atoms with E-state index in [0.29, 0.717) is 0 Å². The molecule has 2 rings (SSSR count). The first-order valence-electron chi connectivity index (χ1n) is 6.14. The van der Waals surface area contributed by atoms with Gasteiger partial charge in [-0.3, -0.25) is 10.4 Å². The SMILES string of the molecule is CC/C(Cc1ccccc1)=N\Nc1ccncc1. The second kappa shape index (κ2) is 6.55. The molecule has 0 aliphatic carbocycles. The molecule has 0 amide bonds. The van der Waals surface area contributed by atoms with E-state index in [1.165, 1.54) is 5.56 Å². The van der Waals surface area contributed by atoms with Crippen molar-refractivity contribution in [3.05, 3.63) is 60.4 Å². The molecular weight excluding hydrogens is 222 g/mol. The fourth-order valence-corrected chi connectivity index (χ4v) is 1.65. The zero-order valence-electron chi connectivity index (χ0n) is 10.5. The molecule has 1 aromatic carbocycles. The van der Waals surface area contributed by atoms with E-state index in [1.807, 2.05) is 18.2 Å². The molecule has 18 heavy (non-hydrogen) atoms. The van der Waals surface area contributed by atoms with Crippen LogP contribution in [0.3, 0.4) is 0 Å². The standard InChI is InChI=1S/C15H17N3/c1-2-14(12-13-6-4-3-5-7-13)17-18-15-8-10-16-11-9-15/h3-11H,2,12H2,1H3,(H,16,18)/b17-14+. The summed E-state index contributed by atoms with van der Waals surface area (Å²) in [6.07, 6.45) is 5.32. The Labute approximate surface area is 108 Å². The van der Waals surface area contributed by atoms with Crippen molar-refractivity contribution in [1.82, 2.24) is 4.98 Å². The smallest absolute Gasteiger partial charge is 0.0592 e. The van der Waals surface area contributed by atoms with E-state index in [2.05, 4.69) is 46.7 Å². The number of rotatable bonds is 5. The number of hydrazone groups is 1. The predicted molar refractivity (Wildman–Crippen MR) is 75.7 cm³/mol. The van der Waals surface area contributed by atoms with E-state index in [-0.39, 0.29) is 0 Å². The van der Waals surface area contributed by atoms with Crippen molar-refractivity contribution >= 4 is 11.4 Å². The molecule has 0 saturated carbocycles. The Kier molecular flexibility index (Phi) is 4.47. The molecule has 0 aliphatic heterocycles. The first-order valence-corrected chi connectivity index (χ1v) is 6.14. The Hall–Kier alpha value is -2.16. The molecule has 0 unspecified atom stereocenters. The minimum Gasteiger partial charge on any atom is -0.278 e. The van der Waals surface area contributed by atoms with Gasteiger partial charge in [-0.15, -0.1) is 0 Å². The average Bonchev–Trinajstić information content (AvgIpc) is 2.45. The van der Waals surface area contributed by atoms with Crippen molar-refractivity contribution in [3.8, 4) is 0 Å². The predicted octanol–water partition coefficient (Wildman–Crippen LogP) is 3.50. The van der Waals surface area contributed by atoms with Gasteiger partial charge < -0.3 is 0 Å². The molecule has 0 spiro atoms. The Morgan fingerprint density at radius 3 is 2.50 bits per heavy atom.